The second kappa shape index (κ2) is 13.5. The van der Waals surface area contributed by atoms with Crippen molar-refractivity contribution in [1.82, 2.24) is 0 Å². The molecule has 1 saturated carbocycles. The Bertz CT molecular complexity index is 528. The zero-order valence-electron chi connectivity index (χ0n) is 18.1. The van der Waals surface area contributed by atoms with Crippen molar-refractivity contribution in [3.05, 3.63) is 83.2 Å². The smallest absolute Gasteiger partial charge is 0.377 e. The number of allylic oxidation sites excluding steroid dienone is 2. The maximum Gasteiger partial charge on any atom is 4.00 e. The monoisotopic (exact) mass is 428 g/mol. The molecule has 0 aromatic heterocycles. The van der Waals surface area contributed by atoms with Gasteiger partial charge in [0.05, 0.1) is 0 Å². The summed E-state index contributed by atoms with van der Waals surface area (Å²) in [5, 5.41) is 0. The van der Waals surface area contributed by atoms with Gasteiger partial charge >= 0.3 is 21.7 Å². The molecule has 1 aliphatic carbocycles. The predicted octanol–water partition coefficient (Wildman–Crippen LogP) is 7.58. The molecule has 0 atom stereocenters. The molecule has 0 heterocycles. The van der Waals surface area contributed by atoms with Crippen LogP contribution in [0.25, 0.3) is 0 Å². The molecule has 0 bridgehead atoms. The van der Waals surface area contributed by atoms with Crippen molar-refractivity contribution in [3.63, 3.8) is 0 Å². The largest absolute Gasteiger partial charge is 4.00 e. The first-order valence-corrected chi connectivity index (χ1v) is 16.8. The molecule has 0 amide bonds. The van der Waals surface area contributed by atoms with E-state index in [9.17, 15) is 0 Å². The van der Waals surface area contributed by atoms with E-state index < -0.39 is 16.1 Å². The number of hydrogen-bond acceptors (Lipinski definition) is 0. The molecule has 0 saturated heterocycles. The van der Waals surface area contributed by atoms with Gasteiger partial charge in [-0.3, -0.25) is 0 Å². The van der Waals surface area contributed by atoms with E-state index in [2.05, 4.69) is 50.7 Å². The van der Waals surface area contributed by atoms with Crippen LogP contribution in [0.15, 0.2) is 71.8 Å². The zero-order valence-corrected chi connectivity index (χ0v) is 21.7. The summed E-state index contributed by atoms with van der Waals surface area (Å²) in [5.74, 6) is 0. The molecule has 2 aromatic carbocycles. The molecule has 0 radical (unpaired) electrons. The molecule has 3 heteroatoms. The van der Waals surface area contributed by atoms with Crippen molar-refractivity contribution < 1.29 is 21.7 Å². The molecular weight excluding hydrogens is 392 g/mol. The maximum absolute atomic E-state index is 3.81. The van der Waals surface area contributed by atoms with Crippen molar-refractivity contribution in [2.24, 2.45) is 0 Å². The summed E-state index contributed by atoms with van der Waals surface area (Å²) in [4.78, 5) is 0. The fourth-order valence-corrected chi connectivity index (χ4v) is 5.09. The standard InChI is InChI=1S/C14H26Si2.2C5H5.Ti/c1-15(2,3)11-13-9-7-8-10-14(13)12-16(4,5)6;2*1-2-4-5-3-1;/h7-10H2,1-6H3;2*1-5H;/q-2;2*-1;+4. The summed E-state index contributed by atoms with van der Waals surface area (Å²) >= 11 is 0. The van der Waals surface area contributed by atoms with Gasteiger partial charge in [-0.15, -0.1) is 12.8 Å². The first-order valence-electron chi connectivity index (χ1n) is 9.79. The minimum Gasteiger partial charge on any atom is -0.377 e. The van der Waals surface area contributed by atoms with Gasteiger partial charge in [0.25, 0.3) is 0 Å². The molecule has 0 nitrogen and oxygen atoms in total. The van der Waals surface area contributed by atoms with E-state index in [0.717, 1.165) is 0 Å². The van der Waals surface area contributed by atoms with E-state index in [-0.39, 0.29) is 21.7 Å². The molecule has 0 unspecified atom stereocenters. The summed E-state index contributed by atoms with van der Waals surface area (Å²) in [6.07, 6.45) is 5.20. The summed E-state index contributed by atoms with van der Waals surface area (Å²) in [7, 11) is -2.39. The third-order valence-electron chi connectivity index (χ3n) is 3.63. The second-order valence-electron chi connectivity index (χ2n) is 8.84. The van der Waals surface area contributed by atoms with Crippen LogP contribution >= 0.6 is 0 Å². The van der Waals surface area contributed by atoms with Crippen molar-refractivity contribution >= 4 is 16.1 Å². The van der Waals surface area contributed by atoms with Gasteiger partial charge in [0.15, 0.2) is 0 Å². The Morgan fingerprint density at radius 3 is 1.11 bits per heavy atom. The molecule has 144 valence electrons. The van der Waals surface area contributed by atoms with Crippen LogP contribution < -0.4 is 0 Å². The van der Waals surface area contributed by atoms with Crippen LogP contribution in [0.2, 0.25) is 39.3 Å². The number of hydrogen-bond donors (Lipinski definition) is 0. The van der Waals surface area contributed by atoms with Crippen LogP contribution in [-0.4, -0.2) is 16.1 Å². The van der Waals surface area contributed by atoms with E-state index in [1.807, 2.05) is 60.7 Å². The van der Waals surface area contributed by atoms with Crippen LogP contribution in [0.4, 0.5) is 0 Å². The van der Waals surface area contributed by atoms with Gasteiger partial charge in [-0.25, -0.2) is 24.3 Å². The average Bonchev–Trinajstić information content (AvgIpc) is 3.25. The minimum atomic E-state index is -1.19. The molecule has 0 spiro atoms. The van der Waals surface area contributed by atoms with Gasteiger partial charge in [0.1, 0.15) is 0 Å². The third kappa shape index (κ3) is 15.0. The van der Waals surface area contributed by atoms with Crippen molar-refractivity contribution in [1.29, 1.82) is 0 Å². The Morgan fingerprint density at radius 1 is 0.630 bits per heavy atom. The molecule has 2 aromatic rings. The van der Waals surface area contributed by atoms with Gasteiger partial charge in [0, 0.05) is 0 Å². The maximum atomic E-state index is 3.81. The molecule has 1 fully saturated rings. The second-order valence-corrected chi connectivity index (χ2v) is 18.3. The fraction of sp³-hybridized carbons (Fsp3) is 0.417. The van der Waals surface area contributed by atoms with Crippen molar-refractivity contribution in [2.75, 3.05) is 0 Å². The van der Waals surface area contributed by atoms with Crippen LogP contribution in [0, 0.1) is 11.4 Å². The Kier molecular flexibility index (Phi) is 13.2. The average molecular weight is 429 g/mol. The summed E-state index contributed by atoms with van der Waals surface area (Å²) in [5.41, 5.74) is 10.7. The van der Waals surface area contributed by atoms with E-state index in [0.29, 0.717) is 0 Å². The predicted molar refractivity (Wildman–Crippen MR) is 123 cm³/mol. The zero-order chi connectivity index (χ0) is 19.5. The molecule has 1 aliphatic rings. The topological polar surface area (TPSA) is 0 Å². The number of rotatable bonds is 2. The summed E-state index contributed by atoms with van der Waals surface area (Å²) in [6.45, 7) is 14.3. The van der Waals surface area contributed by atoms with Gasteiger partial charge in [-0.2, -0.15) is 36.4 Å². The van der Waals surface area contributed by atoms with Crippen LogP contribution in [0.1, 0.15) is 25.7 Å². The normalized spacial score (nSPS) is 17.3. The van der Waals surface area contributed by atoms with Gasteiger partial charge in [-0.05, 0) is 16.1 Å². The van der Waals surface area contributed by atoms with E-state index in [4.69, 9.17) is 0 Å². The Balaban J connectivity index is 0.000000496. The fourth-order valence-electron chi connectivity index (χ4n) is 2.73. The molecule has 0 N–H and O–H groups in total. The van der Waals surface area contributed by atoms with Gasteiger partial charge in [0.2, 0.25) is 0 Å². The van der Waals surface area contributed by atoms with E-state index >= 15 is 0 Å². The van der Waals surface area contributed by atoms with Crippen LogP contribution in [0.3, 0.4) is 0 Å². The first-order chi connectivity index (χ1) is 12.2. The minimum absolute atomic E-state index is 0. The van der Waals surface area contributed by atoms with E-state index in [1.165, 1.54) is 36.8 Å². The molecule has 3 rings (SSSR count). The first kappa shape index (κ1) is 26.3. The third-order valence-corrected chi connectivity index (χ3v) is 5.73. The van der Waals surface area contributed by atoms with Crippen LogP contribution in [0.5, 0.6) is 0 Å². The molecule has 27 heavy (non-hydrogen) atoms. The van der Waals surface area contributed by atoms with Gasteiger partial charge in [-0.1, -0.05) is 52.1 Å². The SMILES string of the molecule is C[Si](C)(C)[C-]=C1CCCCC1=[C-][Si](C)(C)C.[Ti+4].c1cc[cH-]c1.c1cc[cH-]c1. The summed E-state index contributed by atoms with van der Waals surface area (Å²) < 4.78 is 0. The molecule has 0 aliphatic heterocycles. The quantitative estimate of drug-likeness (QED) is 0.341. The van der Waals surface area contributed by atoms with Crippen molar-refractivity contribution in [3.8, 4) is 0 Å². The Morgan fingerprint density at radius 2 is 0.926 bits per heavy atom. The Labute approximate surface area is 185 Å². The van der Waals surface area contributed by atoms with E-state index in [1.54, 1.807) is 0 Å². The van der Waals surface area contributed by atoms with Gasteiger partial charge < -0.3 is 22.5 Å². The Hall–Kier alpha value is -0.672. The van der Waals surface area contributed by atoms with Crippen molar-refractivity contribution in [2.45, 2.75) is 65.0 Å². The van der Waals surface area contributed by atoms with Crippen LogP contribution in [-0.2, 0) is 21.7 Å². The molecular formula is C24H36Si2Ti. The summed E-state index contributed by atoms with van der Waals surface area (Å²) in [6, 6.07) is 20.0.